The van der Waals surface area contributed by atoms with Gasteiger partial charge in [-0.2, -0.15) is 0 Å². The lowest BCUT2D eigenvalue weighted by atomic mass is 10.1. The quantitative estimate of drug-likeness (QED) is 0.743. The number of hydrogen-bond acceptors (Lipinski definition) is 4. The highest BCUT2D eigenvalue weighted by molar-refractivity contribution is 5.94. The zero-order valence-electron chi connectivity index (χ0n) is 12.1. The van der Waals surface area contributed by atoms with Gasteiger partial charge < -0.3 is 20.4 Å². The fourth-order valence-corrected chi connectivity index (χ4v) is 1.76. The van der Waals surface area contributed by atoms with E-state index in [2.05, 4.69) is 12.2 Å². The second kappa shape index (κ2) is 8.50. The Morgan fingerprint density at radius 2 is 2.25 bits per heavy atom. The standard InChI is InChI=1S/C14H23N3O3/c1-3-4-5-12(15)14(19)16-11-6-7-13(18)17(10-11)8-9-20-2/h6-7,10,12H,3-5,8-9,15H2,1-2H3,(H,16,19)/t12-/m0/s1. The Bertz CT molecular complexity index is 485. The second-order valence-electron chi connectivity index (χ2n) is 4.68. The Morgan fingerprint density at radius 3 is 2.90 bits per heavy atom. The number of nitrogens with two attached hydrogens (primary N) is 1. The number of aromatic nitrogens is 1. The zero-order valence-corrected chi connectivity index (χ0v) is 12.1. The van der Waals surface area contributed by atoms with Crippen LogP contribution in [0.25, 0.3) is 0 Å². The largest absolute Gasteiger partial charge is 0.383 e. The summed E-state index contributed by atoms with van der Waals surface area (Å²) in [7, 11) is 1.57. The van der Waals surface area contributed by atoms with Gasteiger partial charge in [-0.3, -0.25) is 9.59 Å². The van der Waals surface area contributed by atoms with Crippen LogP contribution in [0.15, 0.2) is 23.1 Å². The minimum absolute atomic E-state index is 0.129. The number of pyridine rings is 1. The summed E-state index contributed by atoms with van der Waals surface area (Å²) in [5.74, 6) is -0.226. The van der Waals surface area contributed by atoms with Crippen LogP contribution in [0.2, 0.25) is 0 Å². The van der Waals surface area contributed by atoms with E-state index in [-0.39, 0.29) is 11.5 Å². The van der Waals surface area contributed by atoms with Crippen LogP contribution in [0, 0.1) is 0 Å². The molecule has 0 aliphatic heterocycles. The third kappa shape index (κ3) is 5.14. The average Bonchev–Trinajstić information content (AvgIpc) is 2.45. The summed E-state index contributed by atoms with van der Waals surface area (Å²) in [6.45, 7) is 2.94. The minimum atomic E-state index is -0.519. The molecular weight excluding hydrogens is 258 g/mol. The highest BCUT2D eigenvalue weighted by Gasteiger charge is 2.13. The van der Waals surface area contributed by atoms with Crippen LogP contribution in [0.5, 0.6) is 0 Å². The number of rotatable bonds is 8. The van der Waals surface area contributed by atoms with Crippen molar-refractivity contribution >= 4 is 11.6 Å². The minimum Gasteiger partial charge on any atom is -0.383 e. The molecule has 0 spiro atoms. The number of unbranched alkanes of at least 4 members (excludes halogenated alkanes) is 1. The molecule has 1 aromatic heterocycles. The molecule has 0 radical (unpaired) electrons. The van der Waals surface area contributed by atoms with E-state index in [1.807, 2.05) is 0 Å². The maximum Gasteiger partial charge on any atom is 0.250 e. The second-order valence-corrected chi connectivity index (χ2v) is 4.68. The number of nitrogens with zero attached hydrogens (tertiary/aromatic N) is 1. The molecule has 1 amide bonds. The SMILES string of the molecule is CCCC[C@H](N)C(=O)Nc1ccc(=O)n(CCOC)c1. The maximum absolute atomic E-state index is 11.9. The highest BCUT2D eigenvalue weighted by atomic mass is 16.5. The lowest BCUT2D eigenvalue weighted by Gasteiger charge is -2.13. The molecule has 3 N–H and O–H groups in total. The van der Waals surface area contributed by atoms with E-state index < -0.39 is 6.04 Å². The number of carbonyl (C=O) groups is 1. The lowest BCUT2D eigenvalue weighted by molar-refractivity contribution is -0.117. The van der Waals surface area contributed by atoms with E-state index in [0.29, 0.717) is 25.3 Å². The van der Waals surface area contributed by atoms with E-state index in [4.69, 9.17) is 10.5 Å². The summed E-state index contributed by atoms with van der Waals surface area (Å²) in [6, 6.07) is 2.48. The van der Waals surface area contributed by atoms with Crippen LogP contribution >= 0.6 is 0 Å². The summed E-state index contributed by atoms with van der Waals surface area (Å²) < 4.78 is 6.43. The lowest BCUT2D eigenvalue weighted by Crippen LogP contribution is -2.35. The fraction of sp³-hybridized carbons (Fsp3) is 0.571. The number of nitrogens with one attached hydrogen (secondary N) is 1. The molecule has 0 aliphatic rings. The molecule has 6 heteroatoms. The monoisotopic (exact) mass is 281 g/mol. The molecule has 0 saturated carbocycles. The Balaban J connectivity index is 2.67. The van der Waals surface area contributed by atoms with Gasteiger partial charge in [-0.15, -0.1) is 0 Å². The Kier molecular flexibility index (Phi) is 6.97. The van der Waals surface area contributed by atoms with Gasteiger partial charge in [0.15, 0.2) is 0 Å². The summed E-state index contributed by atoms with van der Waals surface area (Å²) in [5.41, 5.74) is 6.24. The van der Waals surface area contributed by atoms with Crippen LogP contribution in [-0.4, -0.2) is 30.2 Å². The van der Waals surface area contributed by atoms with Crippen molar-refractivity contribution in [2.45, 2.75) is 38.8 Å². The van der Waals surface area contributed by atoms with Gasteiger partial charge in [0.2, 0.25) is 5.91 Å². The molecular formula is C14H23N3O3. The third-order valence-electron chi connectivity index (χ3n) is 2.99. The molecule has 20 heavy (non-hydrogen) atoms. The molecule has 6 nitrogen and oxygen atoms in total. The van der Waals surface area contributed by atoms with Crippen molar-refractivity contribution in [3.05, 3.63) is 28.7 Å². The van der Waals surface area contributed by atoms with E-state index >= 15 is 0 Å². The molecule has 1 rings (SSSR count). The topological polar surface area (TPSA) is 86.4 Å². The van der Waals surface area contributed by atoms with Crippen molar-refractivity contribution in [3.63, 3.8) is 0 Å². The molecule has 0 saturated heterocycles. The molecule has 0 aliphatic carbocycles. The molecule has 0 unspecified atom stereocenters. The molecule has 0 aromatic carbocycles. The van der Waals surface area contributed by atoms with Crippen molar-refractivity contribution in [3.8, 4) is 0 Å². The predicted octanol–water partition coefficient (Wildman–Crippen LogP) is 0.951. The first-order valence-electron chi connectivity index (χ1n) is 6.84. The Hall–Kier alpha value is -1.66. The number of methoxy groups -OCH3 is 1. The fourth-order valence-electron chi connectivity index (χ4n) is 1.76. The molecule has 1 heterocycles. The van der Waals surface area contributed by atoms with Gasteiger partial charge in [0.1, 0.15) is 0 Å². The van der Waals surface area contributed by atoms with Gasteiger partial charge >= 0.3 is 0 Å². The molecule has 0 bridgehead atoms. The first kappa shape index (κ1) is 16.4. The van der Waals surface area contributed by atoms with Gasteiger partial charge in [-0.05, 0) is 12.5 Å². The number of hydrogen-bond donors (Lipinski definition) is 2. The normalized spacial score (nSPS) is 12.2. The molecule has 0 fully saturated rings. The van der Waals surface area contributed by atoms with E-state index in [9.17, 15) is 9.59 Å². The van der Waals surface area contributed by atoms with Crippen LogP contribution < -0.4 is 16.6 Å². The van der Waals surface area contributed by atoms with Crippen LogP contribution in [0.4, 0.5) is 5.69 Å². The van der Waals surface area contributed by atoms with Crippen molar-refractivity contribution in [1.82, 2.24) is 4.57 Å². The van der Waals surface area contributed by atoms with Crippen LogP contribution in [-0.2, 0) is 16.1 Å². The number of anilines is 1. The van der Waals surface area contributed by atoms with Crippen molar-refractivity contribution in [2.24, 2.45) is 5.73 Å². The predicted molar refractivity (Wildman–Crippen MR) is 78.7 cm³/mol. The van der Waals surface area contributed by atoms with Crippen LogP contribution in [0.1, 0.15) is 26.2 Å². The smallest absolute Gasteiger partial charge is 0.250 e. The van der Waals surface area contributed by atoms with Gasteiger partial charge in [-0.1, -0.05) is 19.8 Å². The van der Waals surface area contributed by atoms with Gasteiger partial charge in [0.25, 0.3) is 5.56 Å². The summed E-state index contributed by atoms with van der Waals surface area (Å²) in [5, 5.41) is 2.73. The Morgan fingerprint density at radius 1 is 1.50 bits per heavy atom. The Labute approximate surface area is 118 Å². The number of amides is 1. The highest BCUT2D eigenvalue weighted by Crippen LogP contribution is 2.06. The number of carbonyl (C=O) groups excluding carboxylic acids is 1. The third-order valence-corrected chi connectivity index (χ3v) is 2.99. The van der Waals surface area contributed by atoms with Gasteiger partial charge in [-0.25, -0.2) is 0 Å². The van der Waals surface area contributed by atoms with E-state index in [0.717, 1.165) is 12.8 Å². The van der Waals surface area contributed by atoms with E-state index in [1.165, 1.54) is 10.6 Å². The molecule has 1 atom stereocenters. The maximum atomic E-state index is 11.9. The number of ether oxygens (including phenoxy) is 1. The average molecular weight is 281 g/mol. The first-order valence-corrected chi connectivity index (χ1v) is 6.84. The molecule has 112 valence electrons. The first-order chi connectivity index (χ1) is 9.58. The summed E-state index contributed by atoms with van der Waals surface area (Å²) >= 11 is 0. The summed E-state index contributed by atoms with van der Waals surface area (Å²) in [4.78, 5) is 23.5. The van der Waals surface area contributed by atoms with Crippen molar-refractivity contribution in [1.29, 1.82) is 0 Å². The van der Waals surface area contributed by atoms with Crippen molar-refractivity contribution in [2.75, 3.05) is 19.0 Å². The van der Waals surface area contributed by atoms with Gasteiger partial charge in [0.05, 0.1) is 18.3 Å². The zero-order chi connectivity index (χ0) is 15.0. The molecule has 1 aromatic rings. The summed E-state index contributed by atoms with van der Waals surface area (Å²) in [6.07, 6.45) is 4.18. The van der Waals surface area contributed by atoms with Crippen molar-refractivity contribution < 1.29 is 9.53 Å². The van der Waals surface area contributed by atoms with Gasteiger partial charge in [0, 0.05) is 25.9 Å². The van der Waals surface area contributed by atoms with E-state index in [1.54, 1.807) is 19.4 Å². The van der Waals surface area contributed by atoms with Crippen LogP contribution in [0.3, 0.4) is 0 Å².